The number of rotatable bonds is 5. The van der Waals surface area contributed by atoms with E-state index in [0.717, 1.165) is 0 Å². The minimum atomic E-state index is -6.56. The molecule has 0 saturated heterocycles. The molecule has 0 unspecified atom stereocenters. The van der Waals surface area contributed by atoms with E-state index in [1.807, 2.05) is 0 Å². The molecule has 4 nitrogen and oxygen atoms in total. The molecule has 126 valence electrons. The summed E-state index contributed by atoms with van der Waals surface area (Å²) in [5.41, 5.74) is 0.00123. The third-order valence-electron chi connectivity index (χ3n) is 2.56. The molecule has 0 aliphatic rings. The van der Waals surface area contributed by atoms with Crippen LogP contribution in [0.25, 0.3) is 0 Å². The minimum absolute atomic E-state index is 0.00123. The molecule has 1 amide bonds. The maximum Gasteiger partial charge on any atom is 0.460 e. The van der Waals surface area contributed by atoms with Crippen LogP contribution in [-0.4, -0.2) is 33.7 Å². The van der Waals surface area contributed by atoms with Gasteiger partial charge in [-0.25, -0.2) is 0 Å². The number of amides is 1. The third kappa shape index (κ3) is 3.36. The van der Waals surface area contributed by atoms with E-state index in [1.165, 1.54) is 16.2 Å². The Morgan fingerprint density at radius 1 is 1.27 bits per heavy atom. The Balaban J connectivity index is 2.85. The van der Waals surface area contributed by atoms with E-state index in [0.29, 0.717) is 6.54 Å². The zero-order chi connectivity index (χ0) is 17.3. The maximum absolute atomic E-state index is 13.0. The molecule has 0 atom stereocenters. The van der Waals surface area contributed by atoms with Crippen molar-refractivity contribution in [2.24, 2.45) is 0 Å². The Labute approximate surface area is 127 Å². The van der Waals surface area contributed by atoms with E-state index in [1.54, 1.807) is 6.92 Å². The van der Waals surface area contributed by atoms with Crippen LogP contribution in [0.4, 0.5) is 30.7 Å². The van der Waals surface area contributed by atoms with E-state index < -0.39 is 30.5 Å². The smallest absolute Gasteiger partial charge is 0.345 e. The fourth-order valence-corrected chi connectivity index (χ4v) is 1.77. The van der Waals surface area contributed by atoms with Crippen LogP contribution in [0.1, 0.15) is 12.6 Å². The highest BCUT2D eigenvalue weighted by molar-refractivity contribution is 9.10. The molecule has 1 aromatic heterocycles. The second-order valence-corrected chi connectivity index (χ2v) is 4.96. The monoisotopic (exact) mass is 399 g/mol. The lowest BCUT2D eigenvalue weighted by Crippen LogP contribution is -2.59. The number of aryl methyl sites for hydroxylation is 1. The van der Waals surface area contributed by atoms with Gasteiger partial charge in [-0.05, 0) is 22.9 Å². The summed E-state index contributed by atoms with van der Waals surface area (Å²) in [5, 5.41) is 5.11. The van der Waals surface area contributed by atoms with Crippen LogP contribution in [0, 0.1) is 0 Å². The van der Waals surface area contributed by atoms with Gasteiger partial charge in [-0.15, -0.1) is 0 Å². The normalized spacial score (nSPS) is 13.3. The van der Waals surface area contributed by atoms with E-state index in [9.17, 15) is 35.5 Å². The molecule has 1 aromatic rings. The summed E-state index contributed by atoms with van der Waals surface area (Å²) < 4.78 is 88.8. The van der Waals surface area contributed by atoms with Crippen molar-refractivity contribution in [1.29, 1.82) is 0 Å². The zero-order valence-corrected chi connectivity index (χ0v) is 12.4. The topological polar surface area (TPSA) is 46.9 Å². The molecule has 0 aliphatic heterocycles. The Morgan fingerprint density at radius 3 is 2.23 bits per heavy atom. The first-order chi connectivity index (χ1) is 9.84. The zero-order valence-electron chi connectivity index (χ0n) is 10.8. The van der Waals surface area contributed by atoms with Crippen molar-refractivity contribution in [2.45, 2.75) is 38.0 Å². The average molecular weight is 400 g/mol. The van der Waals surface area contributed by atoms with Crippen molar-refractivity contribution in [3.8, 4) is 0 Å². The van der Waals surface area contributed by atoms with Crippen LogP contribution >= 0.6 is 15.9 Å². The van der Waals surface area contributed by atoms with Gasteiger partial charge in [-0.3, -0.25) is 9.48 Å². The summed E-state index contributed by atoms with van der Waals surface area (Å²) in [6, 6.07) is 0. The number of carbonyl (C=O) groups excluding carboxylic acids is 1. The minimum Gasteiger partial charge on any atom is -0.345 e. The van der Waals surface area contributed by atoms with Gasteiger partial charge in [-0.2, -0.15) is 35.8 Å². The molecule has 0 spiro atoms. The van der Waals surface area contributed by atoms with Gasteiger partial charge in [0.2, 0.25) is 0 Å². The first kappa shape index (κ1) is 18.7. The predicted octanol–water partition coefficient (Wildman–Crippen LogP) is 3.11. The molecule has 22 heavy (non-hydrogen) atoms. The van der Waals surface area contributed by atoms with Gasteiger partial charge < -0.3 is 5.32 Å². The second kappa shape index (κ2) is 6.05. The first-order valence-corrected chi connectivity index (χ1v) is 6.46. The van der Waals surface area contributed by atoms with Crippen LogP contribution in [0.15, 0.2) is 10.7 Å². The largest absolute Gasteiger partial charge is 0.460 e. The van der Waals surface area contributed by atoms with Gasteiger partial charge in [0.25, 0.3) is 5.91 Å². The fraction of sp³-hybridized carbons (Fsp3) is 0.600. The van der Waals surface area contributed by atoms with Crippen LogP contribution in [0.3, 0.4) is 0 Å². The van der Waals surface area contributed by atoms with Crippen LogP contribution in [-0.2, 0) is 17.9 Å². The molecule has 0 radical (unpaired) electrons. The first-order valence-electron chi connectivity index (χ1n) is 5.67. The number of nitrogens with one attached hydrogen (secondary N) is 1. The molecule has 12 heteroatoms. The standard InChI is InChI=1S/C10H9BrF7N3O/c1-2-21-4-5(11)6(20-21)3-19-7(22)8(12,13)9(14,15)10(16,17)18/h4H,2-3H2,1H3,(H,19,22). The Hall–Kier alpha value is -1.33. The van der Waals surface area contributed by atoms with Crippen molar-refractivity contribution < 1.29 is 35.5 Å². The van der Waals surface area contributed by atoms with Crippen molar-refractivity contribution >= 4 is 21.8 Å². The number of hydrogen-bond donors (Lipinski definition) is 1. The summed E-state index contributed by atoms with van der Waals surface area (Å²) in [4.78, 5) is 11.0. The Kier molecular flexibility index (Phi) is 5.15. The van der Waals surface area contributed by atoms with Crippen LogP contribution < -0.4 is 5.32 Å². The number of nitrogens with zero attached hydrogens (tertiary/aromatic N) is 2. The quantitative estimate of drug-likeness (QED) is 0.773. The van der Waals surface area contributed by atoms with E-state index in [2.05, 4.69) is 21.0 Å². The average Bonchev–Trinajstić information content (AvgIpc) is 2.75. The van der Waals surface area contributed by atoms with Crippen molar-refractivity contribution in [2.75, 3.05) is 0 Å². The summed E-state index contributed by atoms with van der Waals surface area (Å²) in [5.74, 6) is -15.2. The van der Waals surface area contributed by atoms with Gasteiger partial charge in [0.1, 0.15) is 0 Å². The van der Waals surface area contributed by atoms with Gasteiger partial charge in [0, 0.05) is 12.7 Å². The highest BCUT2D eigenvalue weighted by Gasteiger charge is 2.76. The Bertz CT molecular complexity index is 555. The molecule has 0 fully saturated rings. The molecular weight excluding hydrogens is 391 g/mol. The molecule has 0 aromatic carbocycles. The molecule has 0 aliphatic carbocycles. The third-order valence-corrected chi connectivity index (χ3v) is 3.23. The molecule has 1 rings (SSSR count). The number of halogens is 8. The summed E-state index contributed by atoms with van der Waals surface area (Å²) in [6.45, 7) is 1.35. The number of alkyl halides is 7. The van der Waals surface area contributed by atoms with E-state index in [-0.39, 0.29) is 10.2 Å². The van der Waals surface area contributed by atoms with E-state index >= 15 is 0 Å². The highest BCUT2D eigenvalue weighted by atomic mass is 79.9. The summed E-state index contributed by atoms with van der Waals surface area (Å²) in [7, 11) is 0. The van der Waals surface area contributed by atoms with Crippen molar-refractivity contribution in [1.82, 2.24) is 15.1 Å². The van der Waals surface area contributed by atoms with Gasteiger partial charge in [0.05, 0.1) is 16.7 Å². The van der Waals surface area contributed by atoms with Crippen LogP contribution in [0.2, 0.25) is 0 Å². The van der Waals surface area contributed by atoms with Gasteiger partial charge in [0.15, 0.2) is 0 Å². The summed E-state index contributed by atoms with van der Waals surface area (Å²) in [6.07, 6.45) is -5.14. The lowest BCUT2D eigenvalue weighted by Gasteiger charge is -2.26. The number of hydrogen-bond acceptors (Lipinski definition) is 2. The molecular formula is C10H9BrF7N3O. The van der Waals surface area contributed by atoms with E-state index in [4.69, 9.17) is 0 Å². The molecule has 1 N–H and O–H groups in total. The van der Waals surface area contributed by atoms with Gasteiger partial charge >= 0.3 is 18.0 Å². The van der Waals surface area contributed by atoms with Gasteiger partial charge in [-0.1, -0.05) is 0 Å². The fourth-order valence-electron chi connectivity index (χ4n) is 1.31. The molecule has 1 heterocycles. The van der Waals surface area contributed by atoms with Crippen LogP contribution in [0.5, 0.6) is 0 Å². The highest BCUT2D eigenvalue weighted by Crippen LogP contribution is 2.46. The SMILES string of the molecule is CCn1cc(Br)c(CNC(=O)C(F)(F)C(F)(F)C(F)(F)F)n1. The molecule has 0 saturated carbocycles. The Morgan fingerprint density at radius 2 is 1.82 bits per heavy atom. The maximum atomic E-state index is 13.0. The second-order valence-electron chi connectivity index (χ2n) is 4.11. The summed E-state index contributed by atoms with van der Waals surface area (Å²) >= 11 is 2.98. The predicted molar refractivity (Wildman–Crippen MR) is 63.4 cm³/mol. The lowest BCUT2D eigenvalue weighted by molar-refractivity contribution is -0.344. The van der Waals surface area contributed by atoms with Crippen molar-refractivity contribution in [3.05, 3.63) is 16.4 Å². The van der Waals surface area contributed by atoms with Crippen molar-refractivity contribution in [3.63, 3.8) is 0 Å². The number of carbonyl (C=O) groups is 1. The molecule has 0 bridgehead atoms. The number of aromatic nitrogens is 2. The lowest BCUT2D eigenvalue weighted by atomic mass is 10.1.